The molecule has 0 spiro atoms. The smallest absolute Gasteiger partial charge is 0.325 e. The molecule has 1 N–H and O–H groups in total. The summed E-state index contributed by atoms with van der Waals surface area (Å²) in [6.07, 6.45) is 0. The Hall–Kier alpha value is -0.610. The van der Waals surface area contributed by atoms with Gasteiger partial charge < -0.3 is 10.1 Å². The highest BCUT2D eigenvalue weighted by atomic mass is 16.6. The Morgan fingerprint density at radius 2 is 2.20 bits per heavy atom. The largest absolute Gasteiger partial charge is 0.459 e. The van der Waals surface area contributed by atoms with Crippen LogP contribution in [0, 0.1) is 6.54 Å². The normalized spacial score (nSPS) is 23.9. The number of nitrogens with zero attached hydrogens (tertiary/aromatic N) is 1. The third kappa shape index (κ3) is 3.80. The number of hydrogen-bond donors (Lipinski definition) is 1. The molecule has 1 atom stereocenters. The monoisotopic (exact) mass is 213 g/mol. The van der Waals surface area contributed by atoms with E-state index in [0.717, 1.165) is 13.1 Å². The van der Waals surface area contributed by atoms with E-state index in [-0.39, 0.29) is 12.0 Å². The third-order valence-corrected chi connectivity index (χ3v) is 2.30. The lowest BCUT2D eigenvalue weighted by atomic mass is 10.1. The molecule has 0 saturated carbocycles. The first-order valence-corrected chi connectivity index (χ1v) is 5.43. The summed E-state index contributed by atoms with van der Waals surface area (Å²) < 4.78 is 5.37. The topological polar surface area (TPSA) is 41.6 Å². The molecule has 4 nitrogen and oxygen atoms in total. The first-order chi connectivity index (χ1) is 6.94. The molecule has 1 fully saturated rings. The summed E-state index contributed by atoms with van der Waals surface area (Å²) in [5, 5.41) is 3.20. The highest BCUT2D eigenvalue weighted by Crippen LogP contribution is 2.13. The van der Waals surface area contributed by atoms with Crippen LogP contribution >= 0.6 is 0 Å². The Morgan fingerprint density at radius 3 is 2.73 bits per heavy atom. The third-order valence-electron chi connectivity index (χ3n) is 2.30. The minimum Gasteiger partial charge on any atom is -0.459 e. The van der Waals surface area contributed by atoms with E-state index < -0.39 is 5.60 Å². The lowest BCUT2D eigenvalue weighted by Crippen LogP contribution is -2.54. The lowest BCUT2D eigenvalue weighted by molar-refractivity contribution is -0.161. The van der Waals surface area contributed by atoms with Crippen molar-refractivity contribution in [3.63, 3.8) is 0 Å². The van der Waals surface area contributed by atoms with Gasteiger partial charge in [0.1, 0.15) is 11.6 Å². The second kappa shape index (κ2) is 4.94. The molecule has 0 aromatic rings. The van der Waals surface area contributed by atoms with E-state index in [4.69, 9.17) is 4.74 Å². The van der Waals surface area contributed by atoms with E-state index in [0.29, 0.717) is 6.54 Å². The van der Waals surface area contributed by atoms with Crippen molar-refractivity contribution in [3.05, 3.63) is 6.54 Å². The Labute approximate surface area is 92.0 Å². The zero-order chi connectivity index (χ0) is 11.5. The molecule has 0 amide bonds. The van der Waals surface area contributed by atoms with Gasteiger partial charge >= 0.3 is 5.97 Å². The van der Waals surface area contributed by atoms with E-state index in [1.165, 1.54) is 0 Å². The van der Waals surface area contributed by atoms with Gasteiger partial charge in [-0.15, -0.1) is 0 Å². The number of esters is 1. The summed E-state index contributed by atoms with van der Waals surface area (Å²) >= 11 is 0. The van der Waals surface area contributed by atoms with Crippen LogP contribution in [-0.4, -0.2) is 42.1 Å². The Morgan fingerprint density at radius 1 is 1.53 bits per heavy atom. The second-order valence-electron chi connectivity index (χ2n) is 4.75. The molecular weight excluding hydrogens is 192 g/mol. The van der Waals surface area contributed by atoms with Crippen molar-refractivity contribution >= 4 is 5.97 Å². The van der Waals surface area contributed by atoms with Crippen LogP contribution in [0.1, 0.15) is 27.7 Å². The highest BCUT2D eigenvalue weighted by Gasteiger charge is 2.31. The number of ether oxygens (including phenoxy) is 1. The van der Waals surface area contributed by atoms with Crippen LogP contribution in [0.4, 0.5) is 0 Å². The molecule has 15 heavy (non-hydrogen) atoms. The fourth-order valence-corrected chi connectivity index (χ4v) is 1.62. The van der Waals surface area contributed by atoms with E-state index in [1.807, 2.05) is 39.1 Å². The van der Waals surface area contributed by atoms with Crippen LogP contribution in [0.5, 0.6) is 0 Å². The number of carbonyl (C=O) groups excluding carboxylic acids is 1. The second-order valence-corrected chi connectivity index (χ2v) is 4.75. The molecular formula is C11H21N2O2. The fraction of sp³-hybridized carbons (Fsp3) is 0.818. The van der Waals surface area contributed by atoms with Crippen LogP contribution in [-0.2, 0) is 9.53 Å². The summed E-state index contributed by atoms with van der Waals surface area (Å²) in [6.45, 7) is 12.0. The molecule has 0 bridgehead atoms. The van der Waals surface area contributed by atoms with E-state index >= 15 is 0 Å². The fourth-order valence-electron chi connectivity index (χ4n) is 1.62. The summed E-state index contributed by atoms with van der Waals surface area (Å²) in [7, 11) is 0. The van der Waals surface area contributed by atoms with Gasteiger partial charge in [0.15, 0.2) is 0 Å². The van der Waals surface area contributed by atoms with Crippen molar-refractivity contribution < 1.29 is 9.53 Å². The number of rotatable bonds is 2. The maximum absolute atomic E-state index is 11.9. The van der Waals surface area contributed by atoms with Crippen molar-refractivity contribution in [1.29, 1.82) is 0 Å². The predicted octanol–water partition coefficient (Wildman–Crippen LogP) is 0.784. The zero-order valence-electron chi connectivity index (χ0n) is 10.0. The van der Waals surface area contributed by atoms with Crippen LogP contribution in [0.15, 0.2) is 0 Å². The molecule has 0 aliphatic carbocycles. The van der Waals surface area contributed by atoms with Gasteiger partial charge in [-0.25, -0.2) is 0 Å². The average Bonchev–Trinajstić information content (AvgIpc) is 2.15. The molecule has 0 aromatic carbocycles. The number of nitrogens with one attached hydrogen (secondary N) is 1. The number of carbonyl (C=O) groups is 1. The van der Waals surface area contributed by atoms with Gasteiger partial charge in [0.25, 0.3) is 0 Å². The first-order valence-electron chi connectivity index (χ1n) is 5.43. The van der Waals surface area contributed by atoms with Gasteiger partial charge in [0.2, 0.25) is 0 Å². The molecule has 1 rings (SSSR count). The molecule has 1 heterocycles. The van der Waals surface area contributed by atoms with Crippen molar-refractivity contribution in [3.8, 4) is 0 Å². The van der Waals surface area contributed by atoms with Gasteiger partial charge in [-0.1, -0.05) is 0 Å². The van der Waals surface area contributed by atoms with Crippen LogP contribution < -0.4 is 5.32 Å². The molecule has 0 aromatic heterocycles. The predicted molar refractivity (Wildman–Crippen MR) is 59.2 cm³/mol. The Bertz CT molecular complexity index is 223. The van der Waals surface area contributed by atoms with E-state index in [9.17, 15) is 4.79 Å². The summed E-state index contributed by atoms with van der Waals surface area (Å²) in [6, 6.07) is -0.178. The van der Waals surface area contributed by atoms with Crippen molar-refractivity contribution in [2.24, 2.45) is 0 Å². The molecule has 1 aliphatic rings. The maximum Gasteiger partial charge on any atom is 0.325 e. The Kier molecular flexibility index (Phi) is 4.11. The standard InChI is InChI=1S/C11H21N2O2/c1-5-13-7-6-12-8-9(13)10(14)15-11(2,3)4/h5,9,12H,6-8H2,1-4H3. The van der Waals surface area contributed by atoms with Gasteiger partial charge in [-0.3, -0.25) is 9.69 Å². The van der Waals surface area contributed by atoms with E-state index in [1.54, 1.807) is 0 Å². The van der Waals surface area contributed by atoms with Crippen LogP contribution in [0.25, 0.3) is 0 Å². The first kappa shape index (κ1) is 12.5. The Balaban J connectivity index is 2.56. The van der Waals surface area contributed by atoms with E-state index in [2.05, 4.69) is 5.32 Å². The molecule has 1 radical (unpaired) electrons. The van der Waals surface area contributed by atoms with Gasteiger partial charge in [0, 0.05) is 26.2 Å². The minimum absolute atomic E-state index is 0.146. The number of hydrogen-bond acceptors (Lipinski definition) is 4. The summed E-state index contributed by atoms with van der Waals surface area (Å²) in [5.41, 5.74) is -0.409. The molecule has 1 aliphatic heterocycles. The quantitative estimate of drug-likeness (QED) is 0.688. The lowest BCUT2D eigenvalue weighted by Gasteiger charge is -2.35. The van der Waals surface area contributed by atoms with Crippen LogP contribution in [0.3, 0.4) is 0 Å². The van der Waals surface area contributed by atoms with Crippen molar-refractivity contribution in [2.75, 3.05) is 19.6 Å². The van der Waals surface area contributed by atoms with Gasteiger partial charge in [0.05, 0.1) is 0 Å². The molecule has 1 saturated heterocycles. The van der Waals surface area contributed by atoms with Crippen molar-refractivity contribution in [1.82, 2.24) is 10.2 Å². The van der Waals surface area contributed by atoms with Gasteiger partial charge in [-0.2, -0.15) is 0 Å². The SMILES string of the molecule is C[CH]N1CCNCC1C(=O)OC(C)(C)C. The maximum atomic E-state index is 11.9. The molecule has 87 valence electrons. The van der Waals surface area contributed by atoms with Gasteiger partial charge in [-0.05, 0) is 27.7 Å². The molecule has 1 unspecified atom stereocenters. The highest BCUT2D eigenvalue weighted by molar-refractivity contribution is 5.76. The average molecular weight is 213 g/mol. The summed E-state index contributed by atoms with van der Waals surface area (Å²) in [5.74, 6) is -0.146. The van der Waals surface area contributed by atoms with Crippen molar-refractivity contribution in [2.45, 2.75) is 39.3 Å². The summed E-state index contributed by atoms with van der Waals surface area (Å²) in [4.78, 5) is 13.9. The zero-order valence-corrected chi connectivity index (χ0v) is 10.0. The number of piperazine rings is 1. The minimum atomic E-state index is -0.409. The molecule has 4 heteroatoms. The van der Waals surface area contributed by atoms with Crippen LogP contribution in [0.2, 0.25) is 0 Å².